The Morgan fingerprint density at radius 1 is 1.53 bits per heavy atom. The summed E-state index contributed by atoms with van der Waals surface area (Å²) in [6, 6.07) is -0.248. The topological polar surface area (TPSA) is 108 Å². The number of hydrogen-bond donors (Lipinski definition) is 1. The molecule has 0 amide bonds. The van der Waals surface area contributed by atoms with Gasteiger partial charge >= 0.3 is 0 Å². The van der Waals surface area contributed by atoms with Crippen molar-refractivity contribution in [3.8, 4) is 0 Å². The lowest BCUT2D eigenvalue weighted by atomic mass is 10.2. The molecule has 2 N–H and O–H groups in total. The van der Waals surface area contributed by atoms with E-state index in [1.54, 1.807) is 7.11 Å². The van der Waals surface area contributed by atoms with Crippen LogP contribution >= 0.6 is 0 Å². The summed E-state index contributed by atoms with van der Waals surface area (Å²) < 4.78 is 32.4. The third kappa shape index (κ3) is 4.06. The molecule has 1 aromatic heterocycles. The van der Waals surface area contributed by atoms with Crippen LogP contribution in [0.15, 0.2) is 4.52 Å². The summed E-state index contributed by atoms with van der Waals surface area (Å²) in [7, 11) is -1.68. The second-order valence-electron chi connectivity index (χ2n) is 3.94. The van der Waals surface area contributed by atoms with Crippen LogP contribution in [0.3, 0.4) is 0 Å². The second kappa shape index (κ2) is 5.56. The molecule has 7 nitrogen and oxygen atoms in total. The van der Waals surface area contributed by atoms with Crippen LogP contribution in [0.1, 0.15) is 23.9 Å². The maximum absolute atomic E-state index is 11.3. The first-order valence-electron chi connectivity index (χ1n) is 5.10. The van der Waals surface area contributed by atoms with Crippen LogP contribution in [0, 0.1) is 0 Å². The Balaban J connectivity index is 2.72. The van der Waals surface area contributed by atoms with Gasteiger partial charge in [-0.05, 0) is 6.92 Å². The minimum Gasteiger partial charge on any atom is -0.383 e. The Morgan fingerprint density at radius 3 is 2.71 bits per heavy atom. The van der Waals surface area contributed by atoms with Gasteiger partial charge in [0, 0.05) is 25.8 Å². The fraction of sp³-hybridized carbons (Fsp3) is 0.778. The molecular formula is C9H17N3O4S. The van der Waals surface area contributed by atoms with Crippen LogP contribution in [0.5, 0.6) is 0 Å². The largest absolute Gasteiger partial charge is 0.383 e. The van der Waals surface area contributed by atoms with Crippen LogP contribution in [0.2, 0.25) is 0 Å². The van der Waals surface area contributed by atoms with E-state index in [0.29, 0.717) is 18.9 Å². The number of nitrogens with zero attached hydrogens (tertiary/aromatic N) is 2. The third-order valence-corrected chi connectivity index (χ3v) is 3.80. The van der Waals surface area contributed by atoms with Crippen LogP contribution in [0.4, 0.5) is 0 Å². The molecule has 0 aliphatic carbocycles. The molecule has 0 saturated heterocycles. The highest BCUT2D eigenvalue weighted by atomic mass is 32.2. The van der Waals surface area contributed by atoms with Crippen molar-refractivity contribution in [1.82, 2.24) is 10.1 Å². The van der Waals surface area contributed by atoms with Crippen molar-refractivity contribution in [2.45, 2.75) is 24.6 Å². The van der Waals surface area contributed by atoms with Gasteiger partial charge in [-0.25, -0.2) is 8.42 Å². The normalized spacial score (nSPS) is 15.8. The highest BCUT2D eigenvalue weighted by molar-refractivity contribution is 7.90. The van der Waals surface area contributed by atoms with Crippen molar-refractivity contribution < 1.29 is 17.7 Å². The van der Waals surface area contributed by atoms with Crippen LogP contribution in [-0.2, 0) is 21.0 Å². The first-order valence-corrected chi connectivity index (χ1v) is 7.06. The van der Waals surface area contributed by atoms with Gasteiger partial charge in [0.2, 0.25) is 5.89 Å². The van der Waals surface area contributed by atoms with E-state index in [-0.39, 0.29) is 11.9 Å². The molecule has 0 aliphatic heterocycles. The molecule has 0 aromatic carbocycles. The monoisotopic (exact) mass is 263 g/mol. The van der Waals surface area contributed by atoms with E-state index in [1.165, 1.54) is 6.92 Å². The summed E-state index contributed by atoms with van der Waals surface area (Å²) in [5.41, 5.74) is 5.72. The molecule has 0 bridgehead atoms. The van der Waals surface area contributed by atoms with E-state index >= 15 is 0 Å². The molecular weight excluding hydrogens is 246 g/mol. The zero-order chi connectivity index (χ0) is 13.1. The van der Waals surface area contributed by atoms with Gasteiger partial charge < -0.3 is 15.0 Å². The van der Waals surface area contributed by atoms with E-state index in [1.807, 2.05) is 0 Å². The Labute approximate surface area is 100 Å². The van der Waals surface area contributed by atoms with Crippen LogP contribution < -0.4 is 5.73 Å². The van der Waals surface area contributed by atoms with Crippen molar-refractivity contribution in [2.24, 2.45) is 5.73 Å². The standard InChI is InChI=1S/C9H17N3O4S/c1-6(17(3,13)14)9-11-8(16-12-9)4-7(10)5-15-2/h6-7H,4-5,10H2,1-3H3. The van der Waals surface area contributed by atoms with E-state index in [0.717, 1.165) is 6.26 Å². The molecule has 1 rings (SSSR count). The first-order chi connectivity index (χ1) is 7.84. The second-order valence-corrected chi connectivity index (χ2v) is 6.30. The number of hydrogen-bond acceptors (Lipinski definition) is 7. The molecule has 2 unspecified atom stereocenters. The van der Waals surface area contributed by atoms with Crippen molar-refractivity contribution >= 4 is 9.84 Å². The quantitative estimate of drug-likeness (QED) is 0.749. The lowest BCUT2D eigenvalue weighted by Crippen LogP contribution is -2.28. The SMILES string of the molecule is COCC(N)Cc1nc(C(C)S(C)(=O)=O)no1. The van der Waals surface area contributed by atoms with E-state index in [9.17, 15) is 8.42 Å². The van der Waals surface area contributed by atoms with Gasteiger partial charge in [0.05, 0.1) is 6.61 Å². The van der Waals surface area contributed by atoms with Crippen LogP contribution in [-0.4, -0.2) is 44.6 Å². The van der Waals surface area contributed by atoms with Gasteiger partial charge in [-0.2, -0.15) is 4.98 Å². The van der Waals surface area contributed by atoms with E-state index in [4.69, 9.17) is 15.0 Å². The minimum atomic E-state index is -3.22. The lowest BCUT2D eigenvalue weighted by Gasteiger charge is -2.06. The predicted molar refractivity (Wildman–Crippen MR) is 61.1 cm³/mol. The lowest BCUT2D eigenvalue weighted by molar-refractivity contribution is 0.176. The van der Waals surface area contributed by atoms with Gasteiger partial charge in [-0.15, -0.1) is 0 Å². The average molecular weight is 263 g/mol. The summed E-state index contributed by atoms with van der Waals surface area (Å²) in [6.45, 7) is 1.89. The summed E-state index contributed by atoms with van der Waals surface area (Å²) in [6.07, 6.45) is 1.49. The first kappa shape index (κ1) is 14.1. The zero-order valence-electron chi connectivity index (χ0n) is 10.1. The van der Waals surface area contributed by atoms with Gasteiger partial charge in [0.25, 0.3) is 0 Å². The summed E-state index contributed by atoms with van der Waals surface area (Å²) >= 11 is 0. The number of aromatic nitrogens is 2. The molecule has 98 valence electrons. The van der Waals surface area contributed by atoms with Crippen molar-refractivity contribution in [1.29, 1.82) is 0 Å². The number of ether oxygens (including phenoxy) is 1. The third-order valence-electron chi connectivity index (χ3n) is 2.31. The van der Waals surface area contributed by atoms with Gasteiger partial charge in [0.15, 0.2) is 15.7 Å². The Kier molecular flexibility index (Phi) is 4.61. The van der Waals surface area contributed by atoms with E-state index < -0.39 is 15.1 Å². The van der Waals surface area contributed by atoms with Gasteiger partial charge in [-0.1, -0.05) is 5.16 Å². The average Bonchev–Trinajstić information content (AvgIpc) is 2.63. The highest BCUT2D eigenvalue weighted by Crippen LogP contribution is 2.17. The predicted octanol–water partition coefficient (Wildman–Crippen LogP) is -0.309. The highest BCUT2D eigenvalue weighted by Gasteiger charge is 2.23. The summed E-state index contributed by atoms with van der Waals surface area (Å²) in [5, 5.41) is 2.86. The number of sulfone groups is 1. The molecule has 0 aliphatic rings. The Morgan fingerprint density at radius 2 is 2.18 bits per heavy atom. The van der Waals surface area contributed by atoms with Crippen molar-refractivity contribution in [3.63, 3.8) is 0 Å². The molecule has 1 heterocycles. The van der Waals surface area contributed by atoms with Gasteiger partial charge in [-0.3, -0.25) is 0 Å². The zero-order valence-corrected chi connectivity index (χ0v) is 10.9. The summed E-state index contributed by atoms with van der Waals surface area (Å²) in [5.74, 6) is 0.479. The number of methoxy groups -OCH3 is 1. The molecule has 0 spiro atoms. The molecule has 0 radical (unpaired) electrons. The summed E-state index contributed by atoms with van der Waals surface area (Å²) in [4.78, 5) is 4.01. The molecule has 0 saturated carbocycles. The molecule has 2 atom stereocenters. The molecule has 0 fully saturated rings. The maximum atomic E-state index is 11.3. The fourth-order valence-electron chi connectivity index (χ4n) is 1.20. The Hall–Kier alpha value is -0.990. The van der Waals surface area contributed by atoms with Crippen molar-refractivity contribution in [3.05, 3.63) is 11.7 Å². The van der Waals surface area contributed by atoms with Gasteiger partial charge in [0.1, 0.15) is 5.25 Å². The Bertz CT molecular complexity index is 457. The molecule has 8 heteroatoms. The van der Waals surface area contributed by atoms with Crippen molar-refractivity contribution in [2.75, 3.05) is 20.0 Å². The number of rotatable bonds is 6. The van der Waals surface area contributed by atoms with E-state index in [2.05, 4.69) is 10.1 Å². The molecule has 1 aromatic rings. The molecule has 17 heavy (non-hydrogen) atoms. The minimum absolute atomic E-state index is 0.159. The number of nitrogens with two attached hydrogens (primary N) is 1. The maximum Gasteiger partial charge on any atom is 0.228 e. The fourth-order valence-corrected chi connectivity index (χ4v) is 1.68. The van der Waals surface area contributed by atoms with Crippen LogP contribution in [0.25, 0.3) is 0 Å². The smallest absolute Gasteiger partial charge is 0.228 e.